The van der Waals surface area contributed by atoms with Gasteiger partial charge in [-0.05, 0) is 44.6 Å². The Labute approximate surface area is 175 Å². The summed E-state index contributed by atoms with van der Waals surface area (Å²) in [5, 5.41) is 7.28. The number of fused-ring (bicyclic) bond motifs is 1. The Balaban J connectivity index is 1.29. The first-order valence-corrected chi connectivity index (χ1v) is 10.6. The zero-order chi connectivity index (χ0) is 20.5. The van der Waals surface area contributed by atoms with Gasteiger partial charge in [-0.2, -0.15) is 0 Å². The van der Waals surface area contributed by atoms with Gasteiger partial charge in [-0.25, -0.2) is 9.97 Å². The minimum absolute atomic E-state index is 0.205. The number of likely N-dealkylation sites (tertiary alicyclic amines) is 1. The van der Waals surface area contributed by atoms with E-state index in [1.165, 1.54) is 12.1 Å². The van der Waals surface area contributed by atoms with Gasteiger partial charge in [0.05, 0.1) is 11.1 Å². The SMILES string of the molecule is CN1CCC[C@@H]1c1cc2cnc(NC(=O)c3ccc(N4CCNCC4)nc3)cc2[nH]1. The van der Waals surface area contributed by atoms with Gasteiger partial charge < -0.3 is 20.5 Å². The van der Waals surface area contributed by atoms with E-state index in [1.54, 1.807) is 6.20 Å². The summed E-state index contributed by atoms with van der Waals surface area (Å²) in [6.45, 7) is 4.89. The first-order valence-electron chi connectivity index (χ1n) is 10.6. The fraction of sp³-hybridized carbons (Fsp3) is 0.409. The van der Waals surface area contributed by atoms with Crippen LogP contribution in [0.5, 0.6) is 0 Å². The molecule has 8 nitrogen and oxygen atoms in total. The van der Waals surface area contributed by atoms with Gasteiger partial charge in [-0.15, -0.1) is 0 Å². The van der Waals surface area contributed by atoms with Crippen molar-refractivity contribution in [3.63, 3.8) is 0 Å². The molecule has 0 radical (unpaired) electrons. The number of carbonyl (C=O) groups is 1. The highest BCUT2D eigenvalue weighted by atomic mass is 16.1. The third kappa shape index (κ3) is 3.76. The monoisotopic (exact) mass is 405 g/mol. The lowest BCUT2D eigenvalue weighted by Gasteiger charge is -2.28. The number of aromatic amines is 1. The van der Waals surface area contributed by atoms with Crippen molar-refractivity contribution in [2.75, 3.05) is 50.0 Å². The van der Waals surface area contributed by atoms with E-state index in [4.69, 9.17) is 0 Å². The van der Waals surface area contributed by atoms with Crippen LogP contribution in [0.4, 0.5) is 11.6 Å². The molecule has 156 valence electrons. The molecule has 0 aromatic carbocycles. The number of pyridine rings is 2. The summed E-state index contributed by atoms with van der Waals surface area (Å²) >= 11 is 0. The molecule has 0 bridgehead atoms. The second kappa shape index (κ2) is 8.04. The van der Waals surface area contributed by atoms with Crippen LogP contribution in [0.2, 0.25) is 0 Å². The van der Waals surface area contributed by atoms with Crippen molar-refractivity contribution in [2.45, 2.75) is 18.9 Å². The van der Waals surface area contributed by atoms with Crippen molar-refractivity contribution >= 4 is 28.4 Å². The maximum absolute atomic E-state index is 12.7. The van der Waals surface area contributed by atoms with Crippen LogP contribution < -0.4 is 15.5 Å². The molecule has 0 spiro atoms. The van der Waals surface area contributed by atoms with Gasteiger partial charge in [0.2, 0.25) is 0 Å². The van der Waals surface area contributed by atoms with Crippen molar-refractivity contribution in [1.29, 1.82) is 0 Å². The summed E-state index contributed by atoms with van der Waals surface area (Å²) in [4.78, 5) is 29.7. The fourth-order valence-corrected chi connectivity index (χ4v) is 4.39. The molecule has 3 aromatic rings. The number of hydrogen-bond acceptors (Lipinski definition) is 6. The van der Waals surface area contributed by atoms with E-state index in [9.17, 15) is 4.79 Å². The molecule has 0 saturated carbocycles. The number of anilines is 2. The van der Waals surface area contributed by atoms with Crippen LogP contribution >= 0.6 is 0 Å². The number of carbonyl (C=O) groups excluding carboxylic acids is 1. The van der Waals surface area contributed by atoms with Crippen LogP contribution in [0.15, 0.2) is 36.7 Å². The van der Waals surface area contributed by atoms with Crippen molar-refractivity contribution in [3.8, 4) is 0 Å². The third-order valence-electron chi connectivity index (χ3n) is 6.10. The highest BCUT2D eigenvalue weighted by molar-refractivity contribution is 6.04. The molecule has 2 aliphatic heterocycles. The second-order valence-corrected chi connectivity index (χ2v) is 8.12. The predicted molar refractivity (Wildman–Crippen MR) is 118 cm³/mol. The summed E-state index contributed by atoms with van der Waals surface area (Å²) in [7, 11) is 2.16. The zero-order valence-electron chi connectivity index (χ0n) is 17.2. The van der Waals surface area contributed by atoms with E-state index in [0.29, 0.717) is 17.4 Å². The quantitative estimate of drug-likeness (QED) is 0.618. The first-order chi connectivity index (χ1) is 14.7. The Morgan fingerprint density at radius 1 is 1.13 bits per heavy atom. The molecule has 3 N–H and O–H groups in total. The van der Waals surface area contributed by atoms with Crippen LogP contribution in [0.1, 0.15) is 34.9 Å². The Morgan fingerprint density at radius 3 is 2.73 bits per heavy atom. The van der Waals surface area contributed by atoms with E-state index in [2.05, 4.69) is 48.5 Å². The topological polar surface area (TPSA) is 89.2 Å². The average molecular weight is 406 g/mol. The Bertz CT molecular complexity index is 1040. The van der Waals surface area contributed by atoms with Crippen LogP contribution in [0, 0.1) is 0 Å². The van der Waals surface area contributed by atoms with E-state index < -0.39 is 0 Å². The normalized spacial score (nSPS) is 20.0. The molecule has 30 heavy (non-hydrogen) atoms. The maximum Gasteiger partial charge on any atom is 0.258 e. The predicted octanol–water partition coefficient (Wildman–Crippen LogP) is 2.39. The van der Waals surface area contributed by atoms with Gasteiger partial charge in [0.25, 0.3) is 5.91 Å². The number of rotatable bonds is 4. The van der Waals surface area contributed by atoms with E-state index >= 15 is 0 Å². The number of H-pyrrole nitrogens is 1. The molecule has 1 atom stereocenters. The first kappa shape index (κ1) is 19.0. The van der Waals surface area contributed by atoms with Crippen LogP contribution in [-0.2, 0) is 0 Å². The molecule has 5 rings (SSSR count). The van der Waals surface area contributed by atoms with Crippen molar-refractivity contribution < 1.29 is 4.79 Å². The minimum atomic E-state index is -0.205. The number of nitrogens with zero attached hydrogens (tertiary/aromatic N) is 4. The van der Waals surface area contributed by atoms with Gasteiger partial charge in [-0.1, -0.05) is 0 Å². The lowest BCUT2D eigenvalue weighted by molar-refractivity contribution is 0.102. The smallest absolute Gasteiger partial charge is 0.258 e. The Hall–Kier alpha value is -2.97. The highest BCUT2D eigenvalue weighted by Crippen LogP contribution is 2.32. The van der Waals surface area contributed by atoms with E-state index in [1.807, 2.05) is 24.4 Å². The van der Waals surface area contributed by atoms with Gasteiger partial charge in [-0.3, -0.25) is 9.69 Å². The summed E-state index contributed by atoms with van der Waals surface area (Å²) in [6.07, 6.45) is 5.83. The zero-order valence-corrected chi connectivity index (χ0v) is 17.2. The lowest BCUT2D eigenvalue weighted by Crippen LogP contribution is -2.43. The van der Waals surface area contributed by atoms with Gasteiger partial charge in [0.1, 0.15) is 11.6 Å². The maximum atomic E-state index is 12.7. The molecular formula is C22H27N7O. The van der Waals surface area contributed by atoms with Crippen LogP contribution in [-0.4, -0.2) is 65.5 Å². The highest BCUT2D eigenvalue weighted by Gasteiger charge is 2.24. The van der Waals surface area contributed by atoms with E-state index in [-0.39, 0.29) is 5.91 Å². The molecule has 0 unspecified atom stereocenters. The summed E-state index contributed by atoms with van der Waals surface area (Å²) in [5.74, 6) is 1.23. The number of aromatic nitrogens is 3. The lowest BCUT2D eigenvalue weighted by atomic mass is 10.1. The largest absolute Gasteiger partial charge is 0.357 e. The summed E-state index contributed by atoms with van der Waals surface area (Å²) in [6, 6.07) is 8.22. The van der Waals surface area contributed by atoms with Crippen molar-refractivity contribution in [1.82, 2.24) is 25.2 Å². The third-order valence-corrected chi connectivity index (χ3v) is 6.10. The second-order valence-electron chi connectivity index (χ2n) is 8.12. The fourth-order valence-electron chi connectivity index (χ4n) is 4.39. The average Bonchev–Trinajstić information content (AvgIpc) is 3.39. The molecule has 8 heteroatoms. The van der Waals surface area contributed by atoms with E-state index in [0.717, 1.165) is 55.9 Å². The van der Waals surface area contributed by atoms with Crippen molar-refractivity contribution in [2.24, 2.45) is 0 Å². The number of hydrogen-bond donors (Lipinski definition) is 3. The standard InChI is InChI=1S/C22H27N7O/c1-28-8-2-3-19(28)18-11-16-14-24-20(12-17(16)26-18)27-22(30)15-4-5-21(25-13-15)29-9-6-23-7-10-29/h4-5,11-14,19,23,26H,2-3,6-10H2,1H3,(H,24,27,30)/t19-/m1/s1. The van der Waals surface area contributed by atoms with Gasteiger partial charge >= 0.3 is 0 Å². The van der Waals surface area contributed by atoms with Crippen LogP contribution in [0.25, 0.3) is 10.9 Å². The molecular weight excluding hydrogens is 378 g/mol. The Morgan fingerprint density at radius 2 is 2.00 bits per heavy atom. The molecule has 2 saturated heterocycles. The van der Waals surface area contributed by atoms with Gasteiger partial charge in [0, 0.05) is 61.8 Å². The van der Waals surface area contributed by atoms with Crippen molar-refractivity contribution in [3.05, 3.63) is 47.9 Å². The summed E-state index contributed by atoms with van der Waals surface area (Å²) in [5.41, 5.74) is 2.72. The van der Waals surface area contributed by atoms with Gasteiger partial charge in [0.15, 0.2) is 0 Å². The Kier molecular flexibility index (Phi) is 5.10. The number of amides is 1. The minimum Gasteiger partial charge on any atom is -0.357 e. The summed E-state index contributed by atoms with van der Waals surface area (Å²) < 4.78 is 0. The molecule has 2 aliphatic rings. The molecule has 1 amide bonds. The molecule has 3 aromatic heterocycles. The molecule has 2 fully saturated rings. The molecule has 5 heterocycles. The van der Waals surface area contributed by atoms with Crippen LogP contribution in [0.3, 0.4) is 0 Å². The number of nitrogens with one attached hydrogen (secondary N) is 3. The number of piperazine rings is 1. The molecule has 0 aliphatic carbocycles.